The monoisotopic (exact) mass is 294 g/mol. The summed E-state index contributed by atoms with van der Waals surface area (Å²) in [7, 11) is 1.50. The fourth-order valence-corrected chi connectivity index (χ4v) is 2.33. The van der Waals surface area contributed by atoms with Gasteiger partial charge in [0, 0.05) is 11.6 Å². The number of carbonyl (C=O) groups excluding carboxylic acids is 1. The molecule has 0 fully saturated rings. The van der Waals surface area contributed by atoms with Crippen LogP contribution in [0.25, 0.3) is 16.7 Å². The third kappa shape index (κ3) is 2.46. The number of aliphatic hydroxyl groups is 1. The maximum atomic E-state index is 12.4. The van der Waals surface area contributed by atoms with E-state index in [9.17, 15) is 9.90 Å². The zero-order valence-corrected chi connectivity index (χ0v) is 11.9. The molecule has 0 saturated carbocycles. The van der Waals surface area contributed by atoms with Crippen LogP contribution < -0.4 is 4.74 Å². The van der Waals surface area contributed by atoms with E-state index in [1.54, 1.807) is 48.7 Å². The molecule has 0 aliphatic rings. The Labute approximate surface area is 127 Å². The van der Waals surface area contributed by atoms with E-state index < -0.39 is 0 Å². The van der Waals surface area contributed by atoms with Gasteiger partial charge in [0.25, 0.3) is 0 Å². The second-order valence-corrected chi connectivity index (χ2v) is 4.74. The molecule has 0 amide bonds. The summed E-state index contributed by atoms with van der Waals surface area (Å²) in [6.07, 6.45) is 2.73. The number of rotatable bonds is 4. The van der Waals surface area contributed by atoms with Gasteiger partial charge in [-0.15, -0.1) is 0 Å². The quantitative estimate of drug-likeness (QED) is 0.444. The molecule has 3 rings (SSSR count). The van der Waals surface area contributed by atoms with Crippen LogP contribution in [0.1, 0.15) is 15.9 Å². The maximum absolute atomic E-state index is 12.4. The third-order valence-corrected chi connectivity index (χ3v) is 3.39. The van der Waals surface area contributed by atoms with Gasteiger partial charge in [-0.05, 0) is 18.2 Å². The van der Waals surface area contributed by atoms with E-state index in [1.165, 1.54) is 13.2 Å². The Hall–Kier alpha value is -3.01. The Morgan fingerprint density at radius 2 is 1.91 bits per heavy atom. The van der Waals surface area contributed by atoms with Crippen LogP contribution in [0.4, 0.5) is 0 Å². The number of aliphatic hydroxyl groups excluding tert-OH is 1. The second kappa shape index (κ2) is 5.77. The summed E-state index contributed by atoms with van der Waals surface area (Å²) in [5.41, 5.74) is 1.60. The summed E-state index contributed by atoms with van der Waals surface area (Å²) in [6.45, 7) is 0. The minimum absolute atomic E-state index is 0.0834. The van der Waals surface area contributed by atoms with Gasteiger partial charge in [0.05, 0.1) is 24.3 Å². The summed E-state index contributed by atoms with van der Waals surface area (Å²) in [5.74, 6) is 0.0228. The van der Waals surface area contributed by atoms with Crippen molar-refractivity contribution in [2.24, 2.45) is 0 Å². The highest BCUT2D eigenvalue weighted by Gasteiger charge is 2.16. The van der Waals surface area contributed by atoms with Crippen molar-refractivity contribution in [3.8, 4) is 5.75 Å². The number of benzene rings is 2. The van der Waals surface area contributed by atoms with Crippen molar-refractivity contribution in [2.75, 3.05) is 7.11 Å². The van der Waals surface area contributed by atoms with Crippen molar-refractivity contribution in [3.63, 3.8) is 0 Å². The first kappa shape index (κ1) is 13.9. The number of fused-ring (bicyclic) bond motifs is 1. The van der Waals surface area contributed by atoms with Gasteiger partial charge in [0.1, 0.15) is 17.1 Å². The zero-order chi connectivity index (χ0) is 15.5. The molecule has 1 N–H and O–H groups in total. The average molecular weight is 294 g/mol. The summed E-state index contributed by atoms with van der Waals surface area (Å²) in [6, 6.07) is 14.0. The highest BCUT2D eigenvalue weighted by atomic mass is 16.5. The van der Waals surface area contributed by atoms with Crippen molar-refractivity contribution in [1.29, 1.82) is 0 Å². The van der Waals surface area contributed by atoms with Crippen LogP contribution in [-0.4, -0.2) is 18.0 Å². The molecule has 0 radical (unpaired) electrons. The third-order valence-electron chi connectivity index (χ3n) is 3.39. The number of ketones is 1. The lowest BCUT2D eigenvalue weighted by atomic mass is 10.0. The van der Waals surface area contributed by atoms with Crippen molar-refractivity contribution in [1.82, 2.24) is 0 Å². The molecule has 4 nitrogen and oxygen atoms in total. The molecule has 1 heterocycles. The van der Waals surface area contributed by atoms with Gasteiger partial charge in [0.15, 0.2) is 5.78 Å². The Morgan fingerprint density at radius 1 is 1.14 bits per heavy atom. The Kier molecular flexibility index (Phi) is 3.66. The van der Waals surface area contributed by atoms with Crippen molar-refractivity contribution < 1.29 is 19.1 Å². The normalized spacial score (nSPS) is 11.6. The minimum Gasteiger partial charge on any atom is -0.507 e. The molecule has 2 aromatic carbocycles. The van der Waals surface area contributed by atoms with Crippen molar-refractivity contribution >= 4 is 22.5 Å². The van der Waals surface area contributed by atoms with Gasteiger partial charge in [-0.2, -0.15) is 0 Å². The Bertz CT molecular complexity index is 844. The minimum atomic E-state index is -0.332. The highest BCUT2D eigenvalue weighted by molar-refractivity contribution is 6.12. The number of hydrogen-bond donors (Lipinski definition) is 1. The molecule has 22 heavy (non-hydrogen) atoms. The topological polar surface area (TPSA) is 59.7 Å². The van der Waals surface area contributed by atoms with E-state index in [2.05, 4.69) is 0 Å². The van der Waals surface area contributed by atoms with Gasteiger partial charge >= 0.3 is 0 Å². The Balaban J connectivity index is 2.02. The highest BCUT2D eigenvalue weighted by Crippen LogP contribution is 2.31. The van der Waals surface area contributed by atoms with Gasteiger partial charge in [-0.1, -0.05) is 30.3 Å². The number of allylic oxidation sites excluding steroid dienone is 1. The number of furan rings is 1. The summed E-state index contributed by atoms with van der Waals surface area (Å²) < 4.78 is 10.6. The molecule has 4 heteroatoms. The SMILES string of the molecule is COc1c(C(=O)C=C(O)c2ccccc2)ccc2occc12. The van der Waals surface area contributed by atoms with Gasteiger partial charge in [0.2, 0.25) is 0 Å². The number of ether oxygens (including phenoxy) is 1. The van der Waals surface area contributed by atoms with Crippen LogP contribution in [0, 0.1) is 0 Å². The number of hydrogen-bond acceptors (Lipinski definition) is 4. The maximum Gasteiger partial charge on any atom is 0.193 e. The molecular weight excluding hydrogens is 280 g/mol. The molecular formula is C18H14O4. The van der Waals surface area contributed by atoms with E-state index in [0.29, 0.717) is 22.5 Å². The summed E-state index contributed by atoms with van der Waals surface area (Å²) in [4.78, 5) is 12.4. The van der Waals surface area contributed by atoms with Gasteiger partial charge in [-0.3, -0.25) is 4.79 Å². The zero-order valence-electron chi connectivity index (χ0n) is 11.9. The largest absolute Gasteiger partial charge is 0.507 e. The first-order valence-electron chi connectivity index (χ1n) is 6.75. The lowest BCUT2D eigenvalue weighted by Crippen LogP contribution is -2.00. The first-order valence-corrected chi connectivity index (χ1v) is 6.75. The molecule has 0 bridgehead atoms. The molecule has 3 aromatic rings. The van der Waals surface area contributed by atoms with Crippen molar-refractivity contribution in [2.45, 2.75) is 0 Å². The average Bonchev–Trinajstić information content (AvgIpc) is 3.03. The molecule has 0 unspecified atom stereocenters. The number of carbonyl (C=O) groups is 1. The van der Waals surface area contributed by atoms with Crippen molar-refractivity contribution in [3.05, 3.63) is 72.0 Å². The second-order valence-electron chi connectivity index (χ2n) is 4.74. The molecule has 110 valence electrons. The van der Waals surface area contributed by atoms with Crippen LogP contribution in [0.15, 0.2) is 65.3 Å². The van der Waals surface area contributed by atoms with Crippen LogP contribution in [-0.2, 0) is 0 Å². The molecule has 0 aliphatic carbocycles. The van der Waals surface area contributed by atoms with Crippen LogP contribution in [0.3, 0.4) is 0 Å². The van der Waals surface area contributed by atoms with E-state index in [1.807, 2.05) is 6.07 Å². The lowest BCUT2D eigenvalue weighted by Gasteiger charge is -2.07. The van der Waals surface area contributed by atoms with E-state index >= 15 is 0 Å². The Morgan fingerprint density at radius 3 is 2.64 bits per heavy atom. The van der Waals surface area contributed by atoms with Crippen LogP contribution in [0.2, 0.25) is 0 Å². The summed E-state index contributed by atoms with van der Waals surface area (Å²) in [5, 5.41) is 10.8. The predicted octanol–water partition coefficient (Wildman–Crippen LogP) is 4.22. The fourth-order valence-electron chi connectivity index (χ4n) is 2.33. The van der Waals surface area contributed by atoms with E-state index in [4.69, 9.17) is 9.15 Å². The van der Waals surface area contributed by atoms with E-state index in [0.717, 1.165) is 5.39 Å². The first-order chi connectivity index (χ1) is 10.7. The molecule has 0 atom stereocenters. The predicted molar refractivity (Wildman–Crippen MR) is 84.1 cm³/mol. The molecule has 0 aliphatic heterocycles. The van der Waals surface area contributed by atoms with Gasteiger partial charge < -0.3 is 14.3 Å². The van der Waals surface area contributed by atoms with Crippen LogP contribution >= 0.6 is 0 Å². The lowest BCUT2D eigenvalue weighted by molar-refractivity contribution is 0.104. The molecule has 1 aromatic heterocycles. The smallest absolute Gasteiger partial charge is 0.193 e. The van der Waals surface area contributed by atoms with E-state index in [-0.39, 0.29) is 11.5 Å². The summed E-state index contributed by atoms with van der Waals surface area (Å²) >= 11 is 0. The molecule has 0 saturated heterocycles. The fraction of sp³-hybridized carbons (Fsp3) is 0.0556. The molecule has 0 spiro atoms. The van der Waals surface area contributed by atoms with Crippen LogP contribution in [0.5, 0.6) is 5.75 Å². The standard InChI is InChI=1S/C18H14O4/c1-21-18-13(7-8-17-14(18)9-10-22-17)16(20)11-15(19)12-5-3-2-4-6-12/h2-11,19H,1H3. The van der Waals surface area contributed by atoms with Gasteiger partial charge in [-0.25, -0.2) is 0 Å². The number of methoxy groups -OCH3 is 1.